The molecule has 0 aliphatic heterocycles. The molecule has 0 aliphatic rings. The van der Waals surface area contributed by atoms with Crippen molar-refractivity contribution in [3.05, 3.63) is 53.1 Å². The number of imidazole rings is 1. The molecule has 2 aromatic rings. The quantitative estimate of drug-likeness (QED) is 0.876. The first-order chi connectivity index (χ1) is 9.26. The van der Waals surface area contributed by atoms with Crippen molar-refractivity contribution in [3.63, 3.8) is 0 Å². The fourth-order valence-electron chi connectivity index (χ4n) is 2.28. The number of nitrogens with zero attached hydrogens (tertiary/aromatic N) is 2. The van der Waals surface area contributed by atoms with Crippen LogP contribution < -0.4 is 5.32 Å². The van der Waals surface area contributed by atoms with Gasteiger partial charge in [-0.25, -0.2) is 4.98 Å². The Morgan fingerprint density at radius 3 is 2.84 bits per heavy atom. The van der Waals surface area contributed by atoms with Gasteiger partial charge in [0.1, 0.15) is 5.82 Å². The lowest BCUT2D eigenvalue weighted by molar-refractivity contribution is 0.543. The van der Waals surface area contributed by atoms with Gasteiger partial charge in [0.05, 0.1) is 0 Å². The van der Waals surface area contributed by atoms with Crippen LogP contribution in [0.2, 0.25) is 5.02 Å². The molecule has 0 spiro atoms. The van der Waals surface area contributed by atoms with Crippen LogP contribution in [0, 0.1) is 0 Å². The second kappa shape index (κ2) is 6.73. The molecule has 1 atom stereocenters. The minimum absolute atomic E-state index is 0.187. The standard InChI is InChI=1S/C15H20ClN3/c1-3-9-19-10-8-18-15(19)11-14(17-2)12-6-4-5-7-13(12)16/h4-8,10,14,17H,3,9,11H2,1-2H3. The van der Waals surface area contributed by atoms with Crippen molar-refractivity contribution in [1.82, 2.24) is 14.9 Å². The molecule has 1 unspecified atom stereocenters. The molecule has 0 aliphatic carbocycles. The highest BCUT2D eigenvalue weighted by Crippen LogP contribution is 2.24. The maximum atomic E-state index is 6.27. The SMILES string of the molecule is CCCn1ccnc1CC(NC)c1ccccc1Cl. The minimum Gasteiger partial charge on any atom is -0.335 e. The summed E-state index contributed by atoms with van der Waals surface area (Å²) in [5, 5.41) is 4.13. The van der Waals surface area contributed by atoms with Crippen LogP contribution in [0.25, 0.3) is 0 Å². The van der Waals surface area contributed by atoms with E-state index >= 15 is 0 Å². The molecule has 0 radical (unpaired) electrons. The number of aromatic nitrogens is 2. The number of likely N-dealkylation sites (N-methyl/N-ethyl adjacent to an activating group) is 1. The van der Waals surface area contributed by atoms with Crippen molar-refractivity contribution < 1.29 is 0 Å². The summed E-state index contributed by atoms with van der Waals surface area (Å²) in [6.45, 7) is 3.18. The van der Waals surface area contributed by atoms with Crippen LogP contribution in [0.3, 0.4) is 0 Å². The van der Waals surface area contributed by atoms with E-state index in [2.05, 4.69) is 27.9 Å². The zero-order valence-corrected chi connectivity index (χ0v) is 12.2. The van der Waals surface area contributed by atoms with Gasteiger partial charge in [-0.2, -0.15) is 0 Å². The highest BCUT2D eigenvalue weighted by Gasteiger charge is 2.15. The van der Waals surface area contributed by atoms with Crippen LogP contribution in [0.4, 0.5) is 0 Å². The summed E-state index contributed by atoms with van der Waals surface area (Å²) in [7, 11) is 1.96. The van der Waals surface area contributed by atoms with E-state index in [1.165, 1.54) is 0 Å². The van der Waals surface area contributed by atoms with Crippen LogP contribution in [-0.2, 0) is 13.0 Å². The van der Waals surface area contributed by atoms with Gasteiger partial charge in [-0.05, 0) is 25.1 Å². The van der Waals surface area contributed by atoms with Crippen molar-refractivity contribution >= 4 is 11.6 Å². The fraction of sp³-hybridized carbons (Fsp3) is 0.400. The van der Waals surface area contributed by atoms with E-state index in [1.54, 1.807) is 0 Å². The summed E-state index contributed by atoms with van der Waals surface area (Å²) < 4.78 is 2.21. The number of rotatable bonds is 6. The lowest BCUT2D eigenvalue weighted by atomic mass is 10.0. The van der Waals surface area contributed by atoms with Crippen molar-refractivity contribution in [2.45, 2.75) is 32.4 Å². The molecule has 2 rings (SSSR count). The van der Waals surface area contributed by atoms with Crippen LogP contribution in [-0.4, -0.2) is 16.6 Å². The molecule has 1 aromatic carbocycles. The topological polar surface area (TPSA) is 29.9 Å². The van der Waals surface area contributed by atoms with E-state index in [4.69, 9.17) is 11.6 Å². The average Bonchev–Trinajstić information content (AvgIpc) is 2.85. The molecule has 1 heterocycles. The molecule has 19 heavy (non-hydrogen) atoms. The van der Waals surface area contributed by atoms with Gasteiger partial charge in [0, 0.05) is 36.4 Å². The predicted octanol–water partition coefficient (Wildman–Crippen LogP) is 3.45. The molecule has 1 N–H and O–H groups in total. The Balaban J connectivity index is 2.19. The van der Waals surface area contributed by atoms with E-state index in [0.717, 1.165) is 35.8 Å². The monoisotopic (exact) mass is 277 g/mol. The predicted molar refractivity (Wildman–Crippen MR) is 79.5 cm³/mol. The molecule has 1 aromatic heterocycles. The zero-order valence-electron chi connectivity index (χ0n) is 11.4. The van der Waals surface area contributed by atoms with Crippen molar-refractivity contribution in [1.29, 1.82) is 0 Å². The maximum Gasteiger partial charge on any atom is 0.110 e. The zero-order chi connectivity index (χ0) is 13.7. The fourth-order valence-corrected chi connectivity index (χ4v) is 2.55. The van der Waals surface area contributed by atoms with Gasteiger partial charge in [0.2, 0.25) is 0 Å². The second-order valence-electron chi connectivity index (χ2n) is 4.60. The summed E-state index contributed by atoms with van der Waals surface area (Å²) in [6, 6.07) is 8.16. The highest BCUT2D eigenvalue weighted by atomic mass is 35.5. The molecule has 0 saturated heterocycles. The van der Waals surface area contributed by atoms with Gasteiger partial charge in [-0.1, -0.05) is 36.7 Å². The third kappa shape index (κ3) is 3.37. The molecule has 0 saturated carbocycles. The Morgan fingerprint density at radius 2 is 2.16 bits per heavy atom. The third-order valence-corrected chi connectivity index (χ3v) is 3.63. The van der Waals surface area contributed by atoms with E-state index in [1.807, 2.05) is 37.6 Å². The molecule has 0 bridgehead atoms. The highest BCUT2D eigenvalue weighted by molar-refractivity contribution is 6.31. The van der Waals surface area contributed by atoms with Crippen molar-refractivity contribution in [2.24, 2.45) is 0 Å². The number of nitrogens with one attached hydrogen (secondary N) is 1. The number of halogens is 1. The van der Waals surface area contributed by atoms with Gasteiger partial charge < -0.3 is 9.88 Å². The maximum absolute atomic E-state index is 6.27. The van der Waals surface area contributed by atoms with Crippen LogP contribution in [0.1, 0.15) is 30.8 Å². The van der Waals surface area contributed by atoms with Crippen LogP contribution in [0.5, 0.6) is 0 Å². The van der Waals surface area contributed by atoms with E-state index < -0.39 is 0 Å². The molecular formula is C15H20ClN3. The van der Waals surface area contributed by atoms with E-state index in [9.17, 15) is 0 Å². The smallest absolute Gasteiger partial charge is 0.110 e. The first-order valence-corrected chi connectivity index (χ1v) is 7.05. The molecular weight excluding hydrogens is 258 g/mol. The van der Waals surface area contributed by atoms with Gasteiger partial charge in [0.15, 0.2) is 0 Å². The second-order valence-corrected chi connectivity index (χ2v) is 5.01. The minimum atomic E-state index is 0.187. The Morgan fingerprint density at radius 1 is 1.37 bits per heavy atom. The Kier molecular flexibility index (Phi) is 5.00. The molecule has 4 heteroatoms. The molecule has 3 nitrogen and oxygen atoms in total. The van der Waals surface area contributed by atoms with Gasteiger partial charge in [0.25, 0.3) is 0 Å². The Bertz CT molecular complexity index is 522. The summed E-state index contributed by atoms with van der Waals surface area (Å²) >= 11 is 6.27. The van der Waals surface area contributed by atoms with E-state index in [0.29, 0.717) is 0 Å². The largest absolute Gasteiger partial charge is 0.335 e. The summed E-state index contributed by atoms with van der Waals surface area (Å²) in [5.74, 6) is 1.10. The van der Waals surface area contributed by atoms with Gasteiger partial charge in [-0.3, -0.25) is 0 Å². The summed E-state index contributed by atoms with van der Waals surface area (Å²) in [4.78, 5) is 4.46. The van der Waals surface area contributed by atoms with Gasteiger partial charge >= 0.3 is 0 Å². The van der Waals surface area contributed by atoms with Crippen LogP contribution in [0.15, 0.2) is 36.7 Å². The first-order valence-electron chi connectivity index (χ1n) is 6.68. The lowest BCUT2D eigenvalue weighted by Gasteiger charge is -2.18. The van der Waals surface area contributed by atoms with Crippen LogP contribution >= 0.6 is 11.6 Å². The number of aryl methyl sites for hydroxylation is 1. The van der Waals surface area contributed by atoms with Crippen molar-refractivity contribution in [2.75, 3.05) is 7.05 Å². The Labute approximate surface area is 119 Å². The van der Waals surface area contributed by atoms with Gasteiger partial charge in [-0.15, -0.1) is 0 Å². The molecule has 102 valence electrons. The average molecular weight is 278 g/mol. The number of hydrogen-bond donors (Lipinski definition) is 1. The summed E-state index contributed by atoms with van der Waals surface area (Å²) in [5.41, 5.74) is 1.12. The molecule has 0 fully saturated rings. The normalized spacial score (nSPS) is 12.6. The van der Waals surface area contributed by atoms with E-state index in [-0.39, 0.29) is 6.04 Å². The number of benzene rings is 1. The molecule has 0 amide bonds. The number of hydrogen-bond acceptors (Lipinski definition) is 2. The van der Waals surface area contributed by atoms with Crippen molar-refractivity contribution in [3.8, 4) is 0 Å². The first kappa shape index (κ1) is 14.1. The third-order valence-electron chi connectivity index (χ3n) is 3.28. The Hall–Kier alpha value is -1.32. The summed E-state index contributed by atoms with van der Waals surface area (Å²) in [6.07, 6.45) is 5.86. The lowest BCUT2D eigenvalue weighted by Crippen LogP contribution is -2.21.